The first-order chi connectivity index (χ1) is 14.6. The molecule has 2 atom stereocenters. The summed E-state index contributed by atoms with van der Waals surface area (Å²) in [6.07, 6.45) is 2.40. The van der Waals surface area contributed by atoms with Gasteiger partial charge in [0.1, 0.15) is 12.2 Å². The second kappa shape index (κ2) is 7.34. The summed E-state index contributed by atoms with van der Waals surface area (Å²) < 4.78 is 13.0. The molecule has 0 aliphatic carbocycles. The third-order valence-electron chi connectivity index (χ3n) is 5.35. The zero-order valence-corrected chi connectivity index (χ0v) is 16.4. The van der Waals surface area contributed by atoms with Gasteiger partial charge in [0, 0.05) is 12.1 Å². The second-order valence-corrected chi connectivity index (χ2v) is 7.45. The SMILES string of the molecule is Cc1ccc([C@H]2C[C@H](c3noc(Cn4c(N)nc(=O)c5cccnc54)n3)CO2)cc1. The Balaban J connectivity index is 1.36. The maximum absolute atomic E-state index is 12.0. The van der Waals surface area contributed by atoms with E-state index in [9.17, 15) is 4.79 Å². The van der Waals surface area contributed by atoms with Crippen LogP contribution in [0.3, 0.4) is 0 Å². The molecule has 0 amide bonds. The molecular formula is C21H20N6O3. The number of anilines is 1. The van der Waals surface area contributed by atoms with Crippen molar-refractivity contribution in [1.29, 1.82) is 0 Å². The number of benzene rings is 1. The van der Waals surface area contributed by atoms with Crippen molar-refractivity contribution in [1.82, 2.24) is 24.7 Å². The van der Waals surface area contributed by atoms with Gasteiger partial charge in [-0.1, -0.05) is 35.0 Å². The summed E-state index contributed by atoms with van der Waals surface area (Å²) in [6, 6.07) is 11.7. The average molecular weight is 404 g/mol. The first-order valence-corrected chi connectivity index (χ1v) is 9.70. The van der Waals surface area contributed by atoms with Crippen molar-refractivity contribution < 1.29 is 9.26 Å². The predicted molar refractivity (Wildman–Crippen MR) is 109 cm³/mol. The zero-order valence-electron chi connectivity index (χ0n) is 16.4. The Hall–Kier alpha value is -3.59. The topological polar surface area (TPSA) is 122 Å². The van der Waals surface area contributed by atoms with Crippen molar-refractivity contribution >= 4 is 17.0 Å². The fourth-order valence-electron chi connectivity index (χ4n) is 3.72. The zero-order chi connectivity index (χ0) is 20.7. The Morgan fingerprint density at radius 2 is 2.03 bits per heavy atom. The van der Waals surface area contributed by atoms with Gasteiger partial charge in [0.15, 0.2) is 5.82 Å². The molecule has 2 N–H and O–H groups in total. The van der Waals surface area contributed by atoms with Gasteiger partial charge in [0.25, 0.3) is 5.56 Å². The largest absolute Gasteiger partial charge is 0.373 e. The lowest BCUT2D eigenvalue weighted by Gasteiger charge is -2.09. The van der Waals surface area contributed by atoms with Gasteiger partial charge in [-0.25, -0.2) is 4.98 Å². The molecule has 0 unspecified atom stereocenters. The van der Waals surface area contributed by atoms with Crippen LogP contribution in [-0.4, -0.2) is 31.3 Å². The van der Waals surface area contributed by atoms with Crippen LogP contribution in [0, 0.1) is 6.92 Å². The highest BCUT2D eigenvalue weighted by Crippen LogP contribution is 2.37. The van der Waals surface area contributed by atoms with Crippen molar-refractivity contribution in [2.45, 2.75) is 31.9 Å². The van der Waals surface area contributed by atoms with E-state index in [1.54, 1.807) is 22.9 Å². The number of ether oxygens (including phenoxy) is 1. The van der Waals surface area contributed by atoms with Crippen molar-refractivity contribution in [3.05, 3.63) is 75.8 Å². The van der Waals surface area contributed by atoms with Crippen LogP contribution in [-0.2, 0) is 11.3 Å². The fourth-order valence-corrected chi connectivity index (χ4v) is 3.72. The molecule has 1 aromatic carbocycles. The third kappa shape index (κ3) is 3.33. The highest BCUT2D eigenvalue weighted by atomic mass is 16.5. The molecule has 1 aliphatic heterocycles. The summed E-state index contributed by atoms with van der Waals surface area (Å²) in [5.74, 6) is 1.07. The van der Waals surface area contributed by atoms with Crippen LogP contribution in [0.4, 0.5) is 5.95 Å². The molecule has 4 aromatic rings. The molecule has 9 heteroatoms. The lowest BCUT2D eigenvalue weighted by molar-refractivity contribution is 0.110. The van der Waals surface area contributed by atoms with E-state index in [1.165, 1.54) is 5.56 Å². The van der Waals surface area contributed by atoms with E-state index in [0.717, 1.165) is 12.0 Å². The average Bonchev–Trinajstić information content (AvgIpc) is 3.41. The molecule has 5 rings (SSSR count). The maximum atomic E-state index is 12.0. The van der Waals surface area contributed by atoms with Gasteiger partial charge in [0.2, 0.25) is 11.8 Å². The van der Waals surface area contributed by atoms with Crippen LogP contribution in [0.25, 0.3) is 11.0 Å². The summed E-state index contributed by atoms with van der Waals surface area (Å²) in [7, 11) is 0. The van der Waals surface area contributed by atoms with Gasteiger partial charge in [-0.15, -0.1) is 0 Å². The first kappa shape index (κ1) is 18.4. The summed E-state index contributed by atoms with van der Waals surface area (Å²) >= 11 is 0. The van der Waals surface area contributed by atoms with E-state index < -0.39 is 5.56 Å². The summed E-state index contributed by atoms with van der Waals surface area (Å²) in [5.41, 5.74) is 8.34. The van der Waals surface area contributed by atoms with Crippen molar-refractivity contribution in [2.24, 2.45) is 0 Å². The smallest absolute Gasteiger partial charge is 0.283 e. The third-order valence-corrected chi connectivity index (χ3v) is 5.35. The van der Waals surface area contributed by atoms with Crippen molar-refractivity contribution in [2.75, 3.05) is 12.3 Å². The molecule has 1 saturated heterocycles. The van der Waals surface area contributed by atoms with Gasteiger partial charge < -0.3 is 15.0 Å². The molecule has 0 spiro atoms. The minimum Gasteiger partial charge on any atom is -0.373 e. The Labute approximate surface area is 171 Å². The number of nitrogens with two attached hydrogens (primary N) is 1. The van der Waals surface area contributed by atoms with Gasteiger partial charge >= 0.3 is 0 Å². The van der Waals surface area contributed by atoms with E-state index in [2.05, 4.69) is 51.3 Å². The molecular weight excluding hydrogens is 384 g/mol. The summed E-state index contributed by atoms with van der Waals surface area (Å²) in [5, 5.41) is 4.53. The number of nitrogen functional groups attached to an aromatic ring is 1. The monoisotopic (exact) mass is 404 g/mol. The second-order valence-electron chi connectivity index (χ2n) is 7.45. The van der Waals surface area contributed by atoms with E-state index in [-0.39, 0.29) is 24.5 Å². The molecule has 1 aliphatic rings. The first-order valence-electron chi connectivity index (χ1n) is 9.70. The van der Waals surface area contributed by atoms with E-state index >= 15 is 0 Å². The van der Waals surface area contributed by atoms with Gasteiger partial charge in [0.05, 0.1) is 18.1 Å². The highest BCUT2D eigenvalue weighted by Gasteiger charge is 2.31. The summed E-state index contributed by atoms with van der Waals surface area (Å²) in [6.45, 7) is 2.77. The number of pyridine rings is 1. The molecule has 1 fully saturated rings. The van der Waals surface area contributed by atoms with E-state index in [0.29, 0.717) is 29.4 Å². The number of rotatable bonds is 4. The van der Waals surface area contributed by atoms with E-state index in [4.69, 9.17) is 15.0 Å². The lowest BCUT2D eigenvalue weighted by Crippen LogP contribution is -2.19. The molecule has 4 heterocycles. The predicted octanol–water partition coefficient (Wildman–Crippen LogP) is 2.36. The Morgan fingerprint density at radius 1 is 1.20 bits per heavy atom. The van der Waals surface area contributed by atoms with Crippen LogP contribution in [0.5, 0.6) is 0 Å². The minimum atomic E-state index is -0.414. The molecule has 0 saturated carbocycles. The molecule has 30 heavy (non-hydrogen) atoms. The van der Waals surface area contributed by atoms with Gasteiger partial charge in [-0.05, 0) is 31.0 Å². The number of fused-ring (bicyclic) bond motifs is 1. The molecule has 152 valence electrons. The van der Waals surface area contributed by atoms with Crippen LogP contribution < -0.4 is 11.3 Å². The fraction of sp³-hybridized carbons (Fsp3) is 0.286. The number of hydrogen-bond donors (Lipinski definition) is 1. The molecule has 0 radical (unpaired) electrons. The van der Waals surface area contributed by atoms with Crippen LogP contribution in [0.1, 0.15) is 41.3 Å². The van der Waals surface area contributed by atoms with Crippen LogP contribution >= 0.6 is 0 Å². The number of nitrogens with zero attached hydrogens (tertiary/aromatic N) is 5. The van der Waals surface area contributed by atoms with Crippen LogP contribution in [0.15, 0.2) is 51.9 Å². The minimum absolute atomic E-state index is 0.0181. The molecule has 3 aromatic heterocycles. The van der Waals surface area contributed by atoms with Gasteiger partial charge in [-0.3, -0.25) is 9.36 Å². The Bertz CT molecular complexity index is 1260. The summed E-state index contributed by atoms with van der Waals surface area (Å²) in [4.78, 5) is 24.7. The number of aromatic nitrogens is 5. The van der Waals surface area contributed by atoms with Crippen molar-refractivity contribution in [3.8, 4) is 0 Å². The highest BCUT2D eigenvalue weighted by molar-refractivity contribution is 5.74. The Morgan fingerprint density at radius 3 is 2.87 bits per heavy atom. The van der Waals surface area contributed by atoms with Gasteiger partial charge in [-0.2, -0.15) is 9.97 Å². The Kier molecular flexibility index (Phi) is 4.51. The quantitative estimate of drug-likeness (QED) is 0.550. The lowest BCUT2D eigenvalue weighted by atomic mass is 9.99. The normalized spacial score (nSPS) is 18.8. The maximum Gasteiger partial charge on any atom is 0.283 e. The standard InChI is InChI=1S/C21H20N6O3/c1-12-4-6-13(7-5-12)16-9-14(11-29-16)18-24-17(30-26-18)10-27-19-15(3-2-8-23-19)20(28)25-21(27)22/h2-8,14,16H,9-11H2,1H3,(H2,22,25,28)/t14-,16+/m0/s1. The van der Waals surface area contributed by atoms with E-state index in [1.807, 2.05) is 0 Å². The molecule has 0 bridgehead atoms. The number of aryl methyl sites for hydroxylation is 1. The number of hydrogen-bond acceptors (Lipinski definition) is 8. The van der Waals surface area contributed by atoms with Crippen molar-refractivity contribution in [3.63, 3.8) is 0 Å². The van der Waals surface area contributed by atoms with Crippen LogP contribution in [0.2, 0.25) is 0 Å². The molecule has 9 nitrogen and oxygen atoms in total.